The Morgan fingerprint density at radius 2 is 2.10 bits per heavy atom. The van der Waals surface area contributed by atoms with Gasteiger partial charge in [-0.25, -0.2) is 9.59 Å². The molecule has 0 radical (unpaired) electrons. The van der Waals surface area contributed by atoms with Crippen molar-refractivity contribution in [1.82, 2.24) is 10.6 Å². The maximum atomic E-state index is 11.8. The first kappa shape index (κ1) is 14.8. The largest absolute Gasteiger partial charge is 0.480 e. The third-order valence-electron chi connectivity index (χ3n) is 3.68. The summed E-state index contributed by atoms with van der Waals surface area (Å²) in [4.78, 5) is 24.2. The Bertz CT molecular complexity index is 441. The van der Waals surface area contributed by atoms with Crippen molar-refractivity contribution in [3.8, 4) is 0 Å². The summed E-state index contributed by atoms with van der Waals surface area (Å²) in [5, 5.41) is 16.5. The Kier molecular flexibility index (Phi) is 5.40. The summed E-state index contributed by atoms with van der Waals surface area (Å²) in [7, 11) is 0. The molecule has 0 spiro atoms. The van der Waals surface area contributed by atoms with E-state index >= 15 is 0 Å². The second-order valence-electron chi connectivity index (χ2n) is 5.12. The van der Waals surface area contributed by atoms with Gasteiger partial charge < -0.3 is 15.7 Å². The fourth-order valence-electron chi connectivity index (χ4n) is 2.62. The number of urea groups is 1. The van der Waals surface area contributed by atoms with Gasteiger partial charge in [-0.1, -0.05) is 25.3 Å². The van der Waals surface area contributed by atoms with Gasteiger partial charge in [0, 0.05) is 4.88 Å². The van der Waals surface area contributed by atoms with Crippen LogP contribution in [0.4, 0.5) is 4.79 Å². The molecular formula is C14H20N2O3S. The lowest BCUT2D eigenvalue weighted by Gasteiger charge is -2.28. The van der Waals surface area contributed by atoms with Crippen LogP contribution in [0.15, 0.2) is 17.5 Å². The average molecular weight is 296 g/mol. The van der Waals surface area contributed by atoms with Gasteiger partial charge in [0.15, 0.2) is 0 Å². The predicted octanol–water partition coefficient (Wildman–Crippen LogP) is 2.58. The van der Waals surface area contributed by atoms with E-state index in [0.29, 0.717) is 6.54 Å². The van der Waals surface area contributed by atoms with Gasteiger partial charge in [0.05, 0.1) is 6.54 Å². The molecule has 5 nitrogen and oxygen atoms in total. The van der Waals surface area contributed by atoms with Crippen molar-refractivity contribution < 1.29 is 14.7 Å². The van der Waals surface area contributed by atoms with Crippen LogP contribution in [0.2, 0.25) is 0 Å². The summed E-state index contributed by atoms with van der Waals surface area (Å²) < 4.78 is 0. The molecule has 6 heteroatoms. The second kappa shape index (κ2) is 7.28. The number of amides is 2. The number of carbonyl (C=O) groups is 2. The highest BCUT2D eigenvalue weighted by atomic mass is 32.1. The molecule has 0 saturated heterocycles. The molecule has 1 aromatic rings. The minimum absolute atomic E-state index is 0.0498. The molecule has 1 fully saturated rings. The zero-order valence-electron chi connectivity index (χ0n) is 11.3. The van der Waals surface area contributed by atoms with Crippen molar-refractivity contribution >= 4 is 23.3 Å². The third-order valence-corrected chi connectivity index (χ3v) is 4.55. The maximum Gasteiger partial charge on any atom is 0.326 e. The van der Waals surface area contributed by atoms with E-state index in [1.54, 1.807) is 11.3 Å². The van der Waals surface area contributed by atoms with E-state index in [4.69, 9.17) is 0 Å². The zero-order chi connectivity index (χ0) is 14.4. The van der Waals surface area contributed by atoms with E-state index in [0.717, 1.165) is 37.0 Å². The predicted molar refractivity (Wildman–Crippen MR) is 77.7 cm³/mol. The van der Waals surface area contributed by atoms with Gasteiger partial charge >= 0.3 is 12.0 Å². The molecule has 1 atom stereocenters. The van der Waals surface area contributed by atoms with E-state index in [2.05, 4.69) is 10.6 Å². The number of nitrogens with one attached hydrogen (secondary N) is 2. The van der Waals surface area contributed by atoms with E-state index in [-0.39, 0.29) is 5.92 Å². The van der Waals surface area contributed by atoms with Crippen LogP contribution in [-0.4, -0.2) is 23.1 Å². The van der Waals surface area contributed by atoms with Crippen molar-refractivity contribution in [2.24, 2.45) is 5.92 Å². The number of hydrogen-bond acceptors (Lipinski definition) is 3. The Hall–Kier alpha value is -1.56. The van der Waals surface area contributed by atoms with Crippen LogP contribution in [0.1, 0.15) is 37.0 Å². The van der Waals surface area contributed by atoms with Crippen LogP contribution >= 0.6 is 11.3 Å². The molecule has 0 bridgehead atoms. The van der Waals surface area contributed by atoms with Crippen LogP contribution in [0.3, 0.4) is 0 Å². The lowest BCUT2D eigenvalue weighted by atomic mass is 9.84. The SMILES string of the molecule is O=C(NCc1cccs1)NC(C(=O)O)C1CCCCC1. The average Bonchev–Trinajstić information content (AvgIpc) is 2.96. The smallest absolute Gasteiger partial charge is 0.326 e. The number of hydrogen-bond donors (Lipinski definition) is 3. The van der Waals surface area contributed by atoms with Crippen molar-refractivity contribution in [3.63, 3.8) is 0 Å². The first-order valence-corrected chi connectivity index (χ1v) is 7.84. The van der Waals surface area contributed by atoms with Crippen molar-refractivity contribution in [1.29, 1.82) is 0 Å². The fourth-order valence-corrected chi connectivity index (χ4v) is 3.27. The number of carboxylic acids is 1. The maximum absolute atomic E-state index is 11.8. The standard InChI is InChI=1S/C14H20N2O3S/c17-13(18)12(10-5-2-1-3-6-10)16-14(19)15-9-11-7-4-8-20-11/h4,7-8,10,12H,1-3,5-6,9H2,(H,17,18)(H2,15,16,19). The quantitative estimate of drug-likeness (QED) is 0.781. The molecule has 1 aliphatic rings. The van der Waals surface area contributed by atoms with E-state index < -0.39 is 18.0 Å². The summed E-state index contributed by atoms with van der Waals surface area (Å²) in [6, 6.07) is 2.66. The van der Waals surface area contributed by atoms with Crippen LogP contribution in [0.25, 0.3) is 0 Å². The molecule has 2 rings (SSSR count). The Morgan fingerprint density at radius 1 is 1.35 bits per heavy atom. The number of thiophene rings is 1. The topological polar surface area (TPSA) is 78.4 Å². The van der Waals surface area contributed by atoms with Crippen LogP contribution in [-0.2, 0) is 11.3 Å². The third kappa shape index (κ3) is 4.23. The fraction of sp³-hybridized carbons (Fsp3) is 0.571. The van der Waals surface area contributed by atoms with Gasteiger partial charge in [-0.2, -0.15) is 0 Å². The molecule has 2 amide bonds. The van der Waals surface area contributed by atoms with E-state index in [1.165, 1.54) is 0 Å². The van der Waals surface area contributed by atoms with Gasteiger partial charge in [0.2, 0.25) is 0 Å². The highest BCUT2D eigenvalue weighted by molar-refractivity contribution is 7.09. The second-order valence-corrected chi connectivity index (χ2v) is 6.15. The molecule has 20 heavy (non-hydrogen) atoms. The van der Waals surface area contributed by atoms with Gasteiger partial charge in [0.25, 0.3) is 0 Å². The molecule has 1 heterocycles. The Labute approximate surface area is 122 Å². The summed E-state index contributed by atoms with van der Waals surface area (Å²) in [6.07, 6.45) is 5.01. The van der Waals surface area contributed by atoms with Gasteiger partial charge in [-0.05, 0) is 30.2 Å². The summed E-state index contributed by atoms with van der Waals surface area (Å²) in [5.74, 6) is -0.892. The molecule has 1 aromatic heterocycles. The van der Waals surface area contributed by atoms with Gasteiger partial charge in [-0.15, -0.1) is 11.3 Å². The first-order valence-electron chi connectivity index (χ1n) is 6.96. The molecule has 3 N–H and O–H groups in total. The van der Waals surface area contributed by atoms with Crippen LogP contribution < -0.4 is 10.6 Å². The number of carboxylic acid groups (broad SMARTS) is 1. The van der Waals surface area contributed by atoms with Crippen LogP contribution in [0.5, 0.6) is 0 Å². The monoisotopic (exact) mass is 296 g/mol. The summed E-state index contributed by atoms with van der Waals surface area (Å²) >= 11 is 1.56. The molecule has 1 unspecified atom stereocenters. The lowest BCUT2D eigenvalue weighted by Crippen LogP contribution is -2.50. The van der Waals surface area contributed by atoms with Crippen LogP contribution in [0, 0.1) is 5.92 Å². The number of aliphatic carboxylic acids is 1. The molecule has 1 saturated carbocycles. The molecule has 0 aliphatic heterocycles. The first-order chi connectivity index (χ1) is 9.66. The van der Waals surface area contributed by atoms with Crippen molar-refractivity contribution in [2.45, 2.75) is 44.7 Å². The van der Waals surface area contributed by atoms with Crippen molar-refractivity contribution in [3.05, 3.63) is 22.4 Å². The Morgan fingerprint density at radius 3 is 2.70 bits per heavy atom. The lowest BCUT2D eigenvalue weighted by molar-refractivity contribution is -0.141. The highest BCUT2D eigenvalue weighted by Crippen LogP contribution is 2.26. The van der Waals surface area contributed by atoms with Gasteiger partial charge in [-0.3, -0.25) is 0 Å². The molecule has 1 aliphatic carbocycles. The normalized spacial score (nSPS) is 17.4. The van der Waals surface area contributed by atoms with Gasteiger partial charge in [0.1, 0.15) is 6.04 Å². The number of rotatable bonds is 5. The van der Waals surface area contributed by atoms with Crippen molar-refractivity contribution in [2.75, 3.05) is 0 Å². The minimum atomic E-state index is -0.942. The molecular weight excluding hydrogens is 276 g/mol. The minimum Gasteiger partial charge on any atom is -0.480 e. The zero-order valence-corrected chi connectivity index (χ0v) is 12.1. The summed E-state index contributed by atoms with van der Waals surface area (Å²) in [6.45, 7) is 0.431. The summed E-state index contributed by atoms with van der Waals surface area (Å²) in [5.41, 5.74) is 0. The molecule has 110 valence electrons. The highest BCUT2D eigenvalue weighted by Gasteiger charge is 2.30. The molecule has 0 aromatic carbocycles. The van der Waals surface area contributed by atoms with E-state index in [9.17, 15) is 14.7 Å². The Balaban J connectivity index is 1.83. The number of carbonyl (C=O) groups excluding carboxylic acids is 1. The van der Waals surface area contributed by atoms with E-state index in [1.807, 2.05) is 17.5 Å².